The minimum Gasteiger partial charge on any atom is -0.456 e. The Balaban J connectivity index is 2.05. The summed E-state index contributed by atoms with van der Waals surface area (Å²) in [5.41, 5.74) is 2.95. The molecule has 0 aliphatic rings. The fraction of sp³-hybridized carbons (Fsp3) is 0. The fourth-order valence-corrected chi connectivity index (χ4v) is 2.79. The van der Waals surface area contributed by atoms with Crippen LogP contribution >= 0.6 is 12.2 Å². The van der Waals surface area contributed by atoms with E-state index in [2.05, 4.69) is 17.1 Å². The van der Waals surface area contributed by atoms with Crippen molar-refractivity contribution < 1.29 is 4.42 Å². The molecule has 4 rings (SSSR count). The maximum Gasteiger partial charge on any atom is 0.138 e. The zero-order valence-electron chi connectivity index (χ0n) is 10.6. The molecule has 0 saturated carbocycles. The van der Waals surface area contributed by atoms with Gasteiger partial charge in [0.1, 0.15) is 11.3 Å². The molecule has 0 radical (unpaired) electrons. The highest BCUT2D eigenvalue weighted by Gasteiger charge is 2.09. The van der Waals surface area contributed by atoms with E-state index in [0.29, 0.717) is 0 Å². The second-order valence-corrected chi connectivity index (χ2v) is 5.16. The Morgan fingerprint density at radius 2 is 1.65 bits per heavy atom. The number of benzene rings is 2. The smallest absolute Gasteiger partial charge is 0.138 e. The number of aromatic amines is 1. The largest absolute Gasteiger partial charge is 0.456 e. The quantitative estimate of drug-likeness (QED) is 0.478. The number of hydrogen-bond acceptors (Lipinski definition) is 2. The van der Waals surface area contributed by atoms with Crippen molar-refractivity contribution in [2.75, 3.05) is 0 Å². The van der Waals surface area contributed by atoms with Gasteiger partial charge in [0.2, 0.25) is 0 Å². The minimum atomic E-state index is 0.797. The Morgan fingerprint density at radius 3 is 2.55 bits per heavy atom. The molecule has 2 aromatic carbocycles. The lowest BCUT2D eigenvalue weighted by molar-refractivity contribution is 0.620. The fourth-order valence-electron chi connectivity index (χ4n) is 2.51. The zero-order valence-corrected chi connectivity index (χ0v) is 11.4. The first kappa shape index (κ1) is 11.4. The van der Waals surface area contributed by atoms with Crippen LogP contribution in [0, 0.1) is 4.51 Å². The summed E-state index contributed by atoms with van der Waals surface area (Å²) in [7, 11) is 0. The first-order chi connectivity index (χ1) is 9.83. The van der Waals surface area contributed by atoms with Crippen LogP contribution < -0.4 is 0 Å². The number of hydrogen-bond donors (Lipinski definition) is 1. The SMILES string of the molecule is S=c1cc(-c2c[nH]c3ccccc23)oc2ccccc12. The average molecular weight is 277 g/mol. The van der Waals surface area contributed by atoms with E-state index in [4.69, 9.17) is 16.6 Å². The second kappa shape index (κ2) is 4.32. The lowest BCUT2D eigenvalue weighted by atomic mass is 10.1. The Bertz CT molecular complexity index is 981. The Morgan fingerprint density at radius 1 is 0.900 bits per heavy atom. The topological polar surface area (TPSA) is 28.9 Å². The molecule has 0 atom stereocenters. The molecule has 0 aliphatic carbocycles. The summed E-state index contributed by atoms with van der Waals surface area (Å²) in [4.78, 5) is 3.26. The minimum absolute atomic E-state index is 0.797. The van der Waals surface area contributed by atoms with E-state index in [9.17, 15) is 0 Å². The average Bonchev–Trinajstić information content (AvgIpc) is 2.91. The van der Waals surface area contributed by atoms with Crippen molar-refractivity contribution in [1.82, 2.24) is 4.98 Å². The lowest BCUT2D eigenvalue weighted by Gasteiger charge is -2.02. The number of H-pyrrole nitrogens is 1. The summed E-state index contributed by atoms with van der Waals surface area (Å²) in [6.07, 6.45) is 1.97. The van der Waals surface area contributed by atoms with Crippen LogP contribution in [-0.2, 0) is 0 Å². The number of aromatic nitrogens is 1. The Kier molecular flexibility index (Phi) is 2.47. The highest BCUT2D eigenvalue weighted by atomic mass is 32.1. The van der Waals surface area contributed by atoms with E-state index < -0.39 is 0 Å². The van der Waals surface area contributed by atoms with E-state index in [-0.39, 0.29) is 0 Å². The van der Waals surface area contributed by atoms with E-state index >= 15 is 0 Å². The molecule has 20 heavy (non-hydrogen) atoms. The predicted octanol–water partition coefficient (Wildman–Crippen LogP) is 5.31. The summed E-state index contributed by atoms with van der Waals surface area (Å²) >= 11 is 5.47. The van der Waals surface area contributed by atoms with Gasteiger partial charge < -0.3 is 9.40 Å². The molecule has 4 aromatic rings. The third kappa shape index (κ3) is 1.67. The van der Waals surface area contributed by atoms with Crippen molar-refractivity contribution in [1.29, 1.82) is 0 Å². The van der Waals surface area contributed by atoms with Crippen molar-refractivity contribution in [2.45, 2.75) is 0 Å². The van der Waals surface area contributed by atoms with Crippen molar-refractivity contribution >= 4 is 34.1 Å². The van der Waals surface area contributed by atoms with Crippen molar-refractivity contribution in [3.05, 3.63) is 65.3 Å². The zero-order chi connectivity index (χ0) is 13.5. The van der Waals surface area contributed by atoms with Gasteiger partial charge in [0.05, 0.1) is 4.51 Å². The van der Waals surface area contributed by atoms with Gasteiger partial charge in [-0.25, -0.2) is 0 Å². The molecule has 0 aliphatic heterocycles. The lowest BCUT2D eigenvalue weighted by Crippen LogP contribution is -1.79. The molecular weight excluding hydrogens is 266 g/mol. The van der Waals surface area contributed by atoms with Crippen LogP contribution in [0.2, 0.25) is 0 Å². The number of para-hydroxylation sites is 2. The molecule has 0 unspecified atom stereocenters. The van der Waals surface area contributed by atoms with Crippen LogP contribution in [0.25, 0.3) is 33.2 Å². The van der Waals surface area contributed by atoms with Crippen LogP contribution in [0.15, 0.2) is 65.2 Å². The Labute approximate surface area is 120 Å². The van der Waals surface area contributed by atoms with Crippen molar-refractivity contribution in [3.63, 3.8) is 0 Å². The molecule has 0 bridgehead atoms. The molecule has 0 amide bonds. The van der Waals surface area contributed by atoms with Gasteiger partial charge in [0, 0.05) is 34.1 Å². The third-order valence-corrected chi connectivity index (χ3v) is 3.83. The first-order valence-corrected chi connectivity index (χ1v) is 6.83. The third-order valence-electron chi connectivity index (χ3n) is 3.49. The standard InChI is InChI=1S/C17H11NOS/c20-17-9-16(19-15-8-4-2-6-12(15)17)13-10-18-14-7-3-1-5-11(13)14/h1-10,18H. The molecule has 3 heteroatoms. The highest BCUT2D eigenvalue weighted by Crippen LogP contribution is 2.31. The molecule has 2 aromatic heterocycles. The van der Waals surface area contributed by atoms with Crippen molar-refractivity contribution in [3.8, 4) is 11.3 Å². The van der Waals surface area contributed by atoms with Gasteiger partial charge in [-0.3, -0.25) is 0 Å². The summed E-state index contributed by atoms with van der Waals surface area (Å²) in [6, 6.07) is 18.0. The highest BCUT2D eigenvalue weighted by molar-refractivity contribution is 7.71. The van der Waals surface area contributed by atoms with Crippen molar-refractivity contribution in [2.24, 2.45) is 0 Å². The molecule has 1 N–H and O–H groups in total. The van der Waals surface area contributed by atoms with E-state index in [1.807, 2.05) is 48.7 Å². The number of rotatable bonds is 1. The second-order valence-electron chi connectivity index (χ2n) is 4.72. The van der Waals surface area contributed by atoms with Gasteiger partial charge in [-0.1, -0.05) is 42.5 Å². The van der Waals surface area contributed by atoms with Crippen LogP contribution in [0.3, 0.4) is 0 Å². The molecule has 96 valence electrons. The summed E-state index contributed by atoms with van der Waals surface area (Å²) < 4.78 is 6.82. The molecule has 0 spiro atoms. The molecule has 2 nitrogen and oxygen atoms in total. The van der Waals surface area contributed by atoms with Crippen LogP contribution in [0.1, 0.15) is 0 Å². The van der Waals surface area contributed by atoms with Gasteiger partial charge >= 0.3 is 0 Å². The first-order valence-electron chi connectivity index (χ1n) is 6.42. The van der Waals surface area contributed by atoms with E-state index in [0.717, 1.165) is 37.7 Å². The van der Waals surface area contributed by atoms with E-state index in [1.165, 1.54) is 0 Å². The normalized spacial score (nSPS) is 11.2. The van der Waals surface area contributed by atoms with E-state index in [1.54, 1.807) is 0 Å². The molecular formula is C17H11NOS. The predicted molar refractivity (Wildman–Crippen MR) is 84.3 cm³/mol. The van der Waals surface area contributed by atoms with Gasteiger partial charge in [0.15, 0.2) is 0 Å². The summed E-state index contributed by atoms with van der Waals surface area (Å²) in [5, 5.41) is 2.12. The number of fused-ring (bicyclic) bond motifs is 2. The molecule has 2 heterocycles. The summed E-state index contributed by atoms with van der Waals surface area (Å²) in [6.45, 7) is 0. The maximum atomic E-state index is 6.01. The maximum absolute atomic E-state index is 6.01. The monoisotopic (exact) mass is 277 g/mol. The van der Waals surface area contributed by atoms with Gasteiger partial charge in [0.25, 0.3) is 0 Å². The van der Waals surface area contributed by atoms with Crippen LogP contribution in [-0.4, -0.2) is 4.98 Å². The molecule has 0 fully saturated rings. The Hall–Kier alpha value is -2.39. The summed E-state index contributed by atoms with van der Waals surface area (Å²) in [5.74, 6) is 0.797. The van der Waals surface area contributed by atoms with Crippen LogP contribution in [0.4, 0.5) is 0 Å². The van der Waals surface area contributed by atoms with Gasteiger partial charge in [-0.15, -0.1) is 0 Å². The van der Waals surface area contributed by atoms with Crippen LogP contribution in [0.5, 0.6) is 0 Å². The molecule has 0 saturated heterocycles. The number of nitrogens with one attached hydrogen (secondary N) is 1. The van der Waals surface area contributed by atoms with Gasteiger partial charge in [-0.05, 0) is 18.2 Å². The van der Waals surface area contributed by atoms with Gasteiger partial charge in [-0.2, -0.15) is 0 Å².